The maximum absolute atomic E-state index is 4.97. The van der Waals surface area contributed by atoms with Crippen LogP contribution in [0, 0.1) is 0 Å². The fourth-order valence-corrected chi connectivity index (χ4v) is 5.19. The lowest BCUT2D eigenvalue weighted by molar-refractivity contribution is 0.312. The quantitative estimate of drug-likeness (QED) is 0.534. The first-order chi connectivity index (χ1) is 15.3. The molecule has 1 aromatic carbocycles. The predicted octanol–water partition coefficient (Wildman–Crippen LogP) is 4.58. The van der Waals surface area contributed by atoms with Crippen molar-refractivity contribution in [2.45, 2.75) is 31.6 Å². The second-order valence-corrected chi connectivity index (χ2v) is 9.04. The first-order valence-corrected chi connectivity index (χ1v) is 11.4. The molecule has 1 saturated heterocycles. The van der Waals surface area contributed by atoms with Gasteiger partial charge in [-0.05, 0) is 49.7 Å². The molecular weight excluding hydrogens is 384 g/mol. The van der Waals surface area contributed by atoms with Crippen molar-refractivity contribution in [3.63, 3.8) is 0 Å². The van der Waals surface area contributed by atoms with Crippen LogP contribution in [-0.2, 0) is 0 Å². The van der Waals surface area contributed by atoms with Crippen LogP contribution in [0.4, 0.5) is 5.82 Å². The van der Waals surface area contributed by atoms with E-state index in [-0.39, 0.29) is 0 Å². The van der Waals surface area contributed by atoms with Gasteiger partial charge in [-0.1, -0.05) is 18.9 Å². The molecule has 3 aromatic heterocycles. The van der Waals surface area contributed by atoms with Crippen LogP contribution in [0.3, 0.4) is 0 Å². The summed E-state index contributed by atoms with van der Waals surface area (Å²) in [6, 6.07) is 11.0. The van der Waals surface area contributed by atoms with Gasteiger partial charge in [0.05, 0.1) is 5.52 Å². The summed E-state index contributed by atoms with van der Waals surface area (Å²) in [5.41, 5.74) is 5.59. The van der Waals surface area contributed by atoms with Crippen molar-refractivity contribution in [1.29, 1.82) is 0 Å². The number of aromatic amines is 1. The molecule has 6 nitrogen and oxygen atoms in total. The number of hydrogen-bond donors (Lipinski definition) is 1. The van der Waals surface area contributed by atoms with Gasteiger partial charge in [0.2, 0.25) is 0 Å². The van der Waals surface area contributed by atoms with Gasteiger partial charge in [0.25, 0.3) is 0 Å². The number of hydrogen-bond acceptors (Lipinski definition) is 5. The maximum atomic E-state index is 4.97. The van der Waals surface area contributed by atoms with E-state index in [1.165, 1.54) is 47.9 Å². The van der Waals surface area contributed by atoms with Crippen LogP contribution in [0.25, 0.3) is 33.1 Å². The number of anilines is 1. The molecule has 1 aliphatic carbocycles. The molecule has 6 heteroatoms. The highest BCUT2D eigenvalue weighted by molar-refractivity contribution is 5.98. The Kier molecular flexibility index (Phi) is 4.60. The molecule has 31 heavy (non-hydrogen) atoms. The van der Waals surface area contributed by atoms with Crippen molar-refractivity contribution in [3.05, 3.63) is 48.5 Å². The van der Waals surface area contributed by atoms with E-state index < -0.39 is 0 Å². The van der Waals surface area contributed by atoms with E-state index in [2.05, 4.69) is 68.3 Å². The molecule has 0 spiro atoms. The monoisotopic (exact) mass is 412 g/mol. The summed E-state index contributed by atoms with van der Waals surface area (Å²) in [5.74, 6) is 1.67. The highest BCUT2D eigenvalue weighted by atomic mass is 15.3. The molecule has 2 fully saturated rings. The number of nitrogens with one attached hydrogen (secondary N) is 1. The second-order valence-electron chi connectivity index (χ2n) is 9.04. The molecule has 0 atom stereocenters. The lowest BCUT2D eigenvalue weighted by Crippen LogP contribution is -2.44. The summed E-state index contributed by atoms with van der Waals surface area (Å²) in [6.07, 6.45) is 8.98. The Hall–Kier alpha value is -2.99. The SMILES string of the molecule is CN1CCN(c2ncnc3ccc(-c4c[nH]c5nc(C6CCCC6)ccc45)cc23)CC1. The predicted molar refractivity (Wildman–Crippen MR) is 126 cm³/mol. The van der Waals surface area contributed by atoms with Crippen LogP contribution in [-0.4, -0.2) is 58.1 Å². The Morgan fingerprint density at radius 1 is 0.935 bits per heavy atom. The maximum Gasteiger partial charge on any atom is 0.139 e. The van der Waals surface area contributed by atoms with Crippen LogP contribution < -0.4 is 4.90 Å². The van der Waals surface area contributed by atoms with Gasteiger partial charge in [-0.15, -0.1) is 0 Å². The summed E-state index contributed by atoms with van der Waals surface area (Å²) < 4.78 is 0. The number of likely N-dealkylation sites (N-methyl/N-ethyl adjacent to an activating group) is 1. The fourth-order valence-electron chi connectivity index (χ4n) is 5.19. The molecule has 1 N–H and O–H groups in total. The molecule has 0 unspecified atom stereocenters. The highest BCUT2D eigenvalue weighted by Crippen LogP contribution is 2.36. The third kappa shape index (κ3) is 3.35. The molecule has 4 aromatic rings. The fraction of sp³-hybridized carbons (Fsp3) is 0.400. The number of aromatic nitrogens is 4. The van der Waals surface area contributed by atoms with Crippen molar-refractivity contribution in [2.24, 2.45) is 0 Å². The van der Waals surface area contributed by atoms with Gasteiger partial charge in [-0.25, -0.2) is 15.0 Å². The summed E-state index contributed by atoms with van der Waals surface area (Å²) >= 11 is 0. The van der Waals surface area contributed by atoms with Crippen LogP contribution in [0.2, 0.25) is 0 Å². The topological polar surface area (TPSA) is 60.9 Å². The molecule has 1 aliphatic heterocycles. The molecule has 158 valence electrons. The minimum Gasteiger partial charge on any atom is -0.353 e. The number of rotatable bonds is 3. The minimum atomic E-state index is 0.625. The molecule has 6 rings (SSSR count). The van der Waals surface area contributed by atoms with E-state index in [0.717, 1.165) is 48.5 Å². The van der Waals surface area contributed by atoms with E-state index in [4.69, 9.17) is 4.98 Å². The summed E-state index contributed by atoms with van der Waals surface area (Å²) in [7, 11) is 2.18. The van der Waals surface area contributed by atoms with Gasteiger partial charge in [0.15, 0.2) is 0 Å². The van der Waals surface area contributed by atoms with Crippen LogP contribution >= 0.6 is 0 Å². The standard InChI is InChI=1S/C25H28N6/c1-30-10-12-31(13-11-30)25-20-14-18(6-8-23(20)27-16-28-25)21-15-26-24-19(21)7-9-22(29-24)17-4-2-3-5-17/h6-9,14-17H,2-5,10-13H2,1H3,(H,26,29). The Labute approximate surface area is 182 Å². The van der Waals surface area contributed by atoms with Crippen molar-refractivity contribution in [1.82, 2.24) is 24.8 Å². The zero-order chi connectivity index (χ0) is 20.8. The van der Waals surface area contributed by atoms with Gasteiger partial charge in [-0.3, -0.25) is 0 Å². The van der Waals surface area contributed by atoms with Gasteiger partial charge in [-0.2, -0.15) is 0 Å². The average Bonchev–Trinajstić information content (AvgIpc) is 3.49. The molecule has 0 radical (unpaired) electrons. The van der Waals surface area contributed by atoms with Crippen LogP contribution in [0.1, 0.15) is 37.3 Å². The lowest BCUT2D eigenvalue weighted by Gasteiger charge is -2.33. The average molecular weight is 413 g/mol. The molecule has 0 amide bonds. The van der Waals surface area contributed by atoms with E-state index in [1.807, 2.05) is 0 Å². The minimum absolute atomic E-state index is 0.625. The summed E-state index contributed by atoms with van der Waals surface area (Å²) in [4.78, 5) is 22.3. The number of benzene rings is 1. The number of pyridine rings is 1. The van der Waals surface area contributed by atoms with E-state index in [9.17, 15) is 0 Å². The summed E-state index contributed by atoms with van der Waals surface area (Å²) in [6.45, 7) is 4.10. The van der Waals surface area contributed by atoms with Gasteiger partial charge in [0.1, 0.15) is 17.8 Å². The van der Waals surface area contributed by atoms with Crippen LogP contribution in [0.15, 0.2) is 42.9 Å². The van der Waals surface area contributed by atoms with E-state index in [0.29, 0.717) is 5.92 Å². The number of fused-ring (bicyclic) bond motifs is 2. The van der Waals surface area contributed by atoms with Crippen LogP contribution in [0.5, 0.6) is 0 Å². The molecule has 2 aliphatic rings. The Morgan fingerprint density at radius 3 is 2.61 bits per heavy atom. The summed E-state index contributed by atoms with van der Waals surface area (Å²) in [5, 5.41) is 2.30. The first kappa shape index (κ1) is 18.8. The smallest absolute Gasteiger partial charge is 0.139 e. The second kappa shape index (κ2) is 7.61. The number of piperazine rings is 1. The molecule has 1 saturated carbocycles. The molecular formula is C25H28N6. The lowest BCUT2D eigenvalue weighted by atomic mass is 10.0. The van der Waals surface area contributed by atoms with Crippen molar-refractivity contribution >= 4 is 27.8 Å². The third-order valence-electron chi connectivity index (χ3n) is 7.06. The Balaban J connectivity index is 1.40. The van der Waals surface area contributed by atoms with Crippen molar-refractivity contribution in [3.8, 4) is 11.1 Å². The number of H-pyrrole nitrogens is 1. The molecule has 4 heterocycles. The Morgan fingerprint density at radius 2 is 1.77 bits per heavy atom. The van der Waals surface area contributed by atoms with E-state index >= 15 is 0 Å². The zero-order valence-electron chi connectivity index (χ0n) is 18.0. The Bertz CT molecular complexity index is 1230. The van der Waals surface area contributed by atoms with Gasteiger partial charge in [0, 0.05) is 60.3 Å². The highest BCUT2D eigenvalue weighted by Gasteiger charge is 2.20. The third-order valence-corrected chi connectivity index (χ3v) is 7.06. The molecule has 0 bridgehead atoms. The zero-order valence-corrected chi connectivity index (χ0v) is 18.0. The van der Waals surface area contributed by atoms with Crippen molar-refractivity contribution < 1.29 is 0 Å². The first-order valence-electron chi connectivity index (χ1n) is 11.4. The van der Waals surface area contributed by atoms with Crippen molar-refractivity contribution in [2.75, 3.05) is 38.1 Å². The largest absolute Gasteiger partial charge is 0.353 e. The van der Waals surface area contributed by atoms with Gasteiger partial charge >= 0.3 is 0 Å². The normalized spacial score (nSPS) is 18.4. The van der Waals surface area contributed by atoms with Gasteiger partial charge < -0.3 is 14.8 Å². The number of nitrogens with zero attached hydrogens (tertiary/aromatic N) is 5. The van der Waals surface area contributed by atoms with E-state index in [1.54, 1.807) is 6.33 Å².